The van der Waals surface area contributed by atoms with Crippen LogP contribution < -0.4 is 20.5 Å². The highest BCUT2D eigenvalue weighted by Crippen LogP contribution is 2.48. The zero-order valence-corrected chi connectivity index (χ0v) is 25.7. The molecule has 3 saturated heterocycles. The number of likely N-dealkylation sites (N-methyl/N-ethyl adjacent to an activating group) is 1. The third kappa shape index (κ3) is 5.02. The summed E-state index contributed by atoms with van der Waals surface area (Å²) in [6.45, 7) is 3.38. The highest BCUT2D eigenvalue weighted by Gasteiger charge is 2.48. The van der Waals surface area contributed by atoms with Crippen molar-refractivity contribution in [3.05, 3.63) is 35.6 Å². The third-order valence-corrected chi connectivity index (χ3v) is 11.3. The number of hydrogen-bond donors (Lipinski definition) is 3. The van der Waals surface area contributed by atoms with E-state index in [0.29, 0.717) is 67.6 Å². The van der Waals surface area contributed by atoms with Crippen molar-refractivity contribution in [3.63, 3.8) is 0 Å². The van der Waals surface area contributed by atoms with Gasteiger partial charge in [-0.05, 0) is 64.0 Å². The molecule has 5 aliphatic heterocycles. The van der Waals surface area contributed by atoms with Crippen molar-refractivity contribution in [2.75, 3.05) is 44.7 Å². The maximum absolute atomic E-state index is 17.0. The minimum absolute atomic E-state index is 0.0523. The number of aliphatic hydroxyl groups is 1. The zero-order valence-electron chi connectivity index (χ0n) is 25.0. The Morgan fingerprint density at radius 3 is 2.89 bits per heavy atom. The van der Waals surface area contributed by atoms with Crippen molar-refractivity contribution < 1.29 is 18.7 Å². The average molecular weight is 627 g/mol. The van der Waals surface area contributed by atoms with E-state index in [1.165, 1.54) is 0 Å². The van der Waals surface area contributed by atoms with Gasteiger partial charge in [-0.15, -0.1) is 11.6 Å². The largest absolute Gasteiger partial charge is 0.462 e. The molecule has 0 amide bonds. The summed E-state index contributed by atoms with van der Waals surface area (Å²) in [6, 6.07) is 0.550. The molecule has 5 unspecified atom stereocenters. The molecule has 8 heterocycles. The van der Waals surface area contributed by atoms with Gasteiger partial charge in [-0.3, -0.25) is 15.8 Å². The number of likely N-dealkylation sites (tertiary alicyclic amines) is 1. The van der Waals surface area contributed by atoms with E-state index in [9.17, 15) is 5.11 Å². The second-order valence-corrected chi connectivity index (χ2v) is 13.9. The number of anilines is 1. The lowest BCUT2D eigenvalue weighted by Gasteiger charge is -2.42. The number of halogens is 2. The average Bonchev–Trinajstić information content (AvgIpc) is 3.80. The lowest BCUT2D eigenvalue weighted by atomic mass is 9.66. The molecule has 0 radical (unpaired) electrons. The van der Waals surface area contributed by atoms with Gasteiger partial charge in [0.2, 0.25) is 5.89 Å². The maximum Gasteiger partial charge on any atom is 0.319 e. The number of nitrogens with one attached hydrogen (secondary N) is 2. The normalized spacial score (nSPS) is 34.0. The van der Waals surface area contributed by atoms with E-state index in [4.69, 9.17) is 35.7 Å². The Labute approximate surface area is 260 Å². The van der Waals surface area contributed by atoms with Gasteiger partial charge in [-0.25, -0.2) is 9.37 Å². The smallest absolute Gasteiger partial charge is 0.319 e. The number of hydrazine groups is 1. The minimum atomic E-state index is -0.859. The van der Waals surface area contributed by atoms with Crippen LogP contribution in [0.25, 0.3) is 10.9 Å². The van der Waals surface area contributed by atoms with E-state index >= 15 is 4.39 Å². The Hall–Kier alpha value is -2.64. The van der Waals surface area contributed by atoms with Crippen LogP contribution in [0.3, 0.4) is 0 Å². The van der Waals surface area contributed by atoms with Crippen LogP contribution in [0.5, 0.6) is 6.01 Å². The molecule has 3 aromatic rings. The van der Waals surface area contributed by atoms with Gasteiger partial charge in [0.25, 0.3) is 0 Å². The highest BCUT2D eigenvalue weighted by molar-refractivity contribution is 6.21. The molecule has 3 N–H and O–H groups in total. The summed E-state index contributed by atoms with van der Waals surface area (Å²) < 4.78 is 29.3. The maximum atomic E-state index is 17.0. The van der Waals surface area contributed by atoms with Crippen LogP contribution in [0.2, 0.25) is 0 Å². The molecule has 8 bridgehead atoms. The summed E-state index contributed by atoms with van der Waals surface area (Å²) in [5.41, 5.74) is 7.28. The van der Waals surface area contributed by atoms with Crippen molar-refractivity contribution in [2.45, 2.75) is 74.4 Å². The summed E-state index contributed by atoms with van der Waals surface area (Å²) in [6.07, 6.45) is 8.45. The van der Waals surface area contributed by atoms with Gasteiger partial charge in [-0.2, -0.15) is 9.97 Å². The van der Waals surface area contributed by atoms with Crippen molar-refractivity contribution >= 4 is 28.3 Å². The molecule has 8 atom stereocenters. The van der Waals surface area contributed by atoms with Gasteiger partial charge < -0.3 is 24.1 Å². The molecule has 1 saturated carbocycles. The number of aryl methyl sites for hydroxylation is 1. The van der Waals surface area contributed by atoms with Gasteiger partial charge >= 0.3 is 6.01 Å². The predicted molar refractivity (Wildman–Crippen MR) is 162 cm³/mol. The summed E-state index contributed by atoms with van der Waals surface area (Å²) in [5, 5.41) is 11.7. The fourth-order valence-electron chi connectivity index (χ4n) is 8.37. The van der Waals surface area contributed by atoms with E-state index in [2.05, 4.69) is 32.7 Å². The minimum Gasteiger partial charge on any atom is -0.462 e. The molecule has 13 heteroatoms. The molecule has 0 spiro atoms. The lowest BCUT2D eigenvalue weighted by molar-refractivity contribution is 0.0708. The molecule has 9 rings (SSSR count). The number of rotatable bonds is 3. The number of nitrogens with zero attached hydrogens (tertiary/aromatic N) is 6. The topological polar surface area (TPSA) is 125 Å². The number of aliphatic hydroxyl groups excluding tert-OH is 1. The van der Waals surface area contributed by atoms with Crippen LogP contribution in [0.4, 0.5) is 10.2 Å². The number of aromatic nitrogens is 4. The number of oxazole rings is 1. The number of fused-ring (bicyclic) bond motifs is 3. The first-order valence-electron chi connectivity index (χ1n) is 16.1. The SMILES string of the molecule is CN1CCC[C@H]1COc1nc2c3cnc(c(F)c3n1)C1C(CCc3cnc(o3)[C@@H](O)[C@@H]3CCCN2C3)C(Cl)CC2NNCC21. The molecule has 4 fully saturated rings. The lowest BCUT2D eigenvalue weighted by Crippen LogP contribution is -2.45. The Kier molecular flexibility index (Phi) is 7.61. The van der Waals surface area contributed by atoms with E-state index in [1.54, 1.807) is 12.4 Å². The fourth-order valence-corrected chi connectivity index (χ4v) is 8.85. The van der Waals surface area contributed by atoms with Gasteiger partial charge in [0, 0.05) is 61.5 Å². The molecule has 6 aliphatic rings. The van der Waals surface area contributed by atoms with Crippen LogP contribution >= 0.6 is 11.6 Å². The molecule has 11 nitrogen and oxygen atoms in total. The van der Waals surface area contributed by atoms with E-state index in [0.717, 1.165) is 38.6 Å². The summed E-state index contributed by atoms with van der Waals surface area (Å²) in [7, 11) is 2.10. The highest BCUT2D eigenvalue weighted by atomic mass is 35.5. The summed E-state index contributed by atoms with van der Waals surface area (Å²) in [4.78, 5) is 23.3. The van der Waals surface area contributed by atoms with Gasteiger partial charge in [-0.1, -0.05) is 0 Å². The first-order chi connectivity index (χ1) is 21.4. The molecular weight excluding hydrogens is 587 g/mol. The molecular formula is C31H40ClFN8O3. The Morgan fingerprint density at radius 2 is 2.02 bits per heavy atom. The van der Waals surface area contributed by atoms with Crippen LogP contribution in [0, 0.1) is 23.6 Å². The number of piperidine rings is 1. The summed E-state index contributed by atoms with van der Waals surface area (Å²) in [5.74, 6) is 0.897. The van der Waals surface area contributed by atoms with Gasteiger partial charge in [0.15, 0.2) is 5.82 Å². The first kappa shape index (κ1) is 28.8. The van der Waals surface area contributed by atoms with Crippen LogP contribution in [-0.4, -0.2) is 87.2 Å². The standard InChI is InChI=1S/C31H40ClFN8O3/c1-40-8-3-5-17(40)15-43-31-37-26-21-12-34-27(25(26)33)24-19(22(32)10-23-20(24)13-36-39-23)7-6-18-11-35-30(44-18)28(42)16-4-2-9-41(14-16)29(21)38-31/h11-12,16-17,19-20,22-24,28,36,39,42H,2-10,13-15H2,1H3/t16-,17+,19?,20?,22?,23?,24?,28+/m1/s1. The van der Waals surface area contributed by atoms with E-state index < -0.39 is 11.9 Å². The van der Waals surface area contributed by atoms with Gasteiger partial charge in [0.05, 0.1) is 17.3 Å². The van der Waals surface area contributed by atoms with Crippen molar-refractivity contribution in [2.24, 2.45) is 17.8 Å². The van der Waals surface area contributed by atoms with Crippen LogP contribution in [0.15, 0.2) is 16.8 Å². The summed E-state index contributed by atoms with van der Waals surface area (Å²) >= 11 is 7.09. The first-order valence-corrected chi connectivity index (χ1v) is 16.6. The van der Waals surface area contributed by atoms with Crippen LogP contribution in [-0.2, 0) is 6.42 Å². The predicted octanol–water partition coefficient (Wildman–Crippen LogP) is 3.32. The second kappa shape index (κ2) is 11.6. The van der Waals surface area contributed by atoms with E-state index in [1.807, 2.05) is 0 Å². The molecule has 44 heavy (non-hydrogen) atoms. The van der Waals surface area contributed by atoms with Gasteiger partial charge in [0.1, 0.15) is 29.8 Å². The molecule has 3 aromatic heterocycles. The number of hydrogen-bond acceptors (Lipinski definition) is 11. The quantitative estimate of drug-likeness (QED) is 0.371. The molecule has 0 aromatic carbocycles. The number of pyridine rings is 1. The van der Waals surface area contributed by atoms with Crippen molar-refractivity contribution in [3.8, 4) is 6.01 Å². The van der Waals surface area contributed by atoms with Crippen molar-refractivity contribution in [1.82, 2.24) is 35.7 Å². The van der Waals surface area contributed by atoms with Crippen molar-refractivity contribution in [1.29, 1.82) is 0 Å². The Bertz CT molecular complexity index is 1530. The number of ether oxygens (including phenoxy) is 1. The fraction of sp³-hybridized carbons (Fsp3) is 0.677. The van der Waals surface area contributed by atoms with Crippen LogP contribution in [0.1, 0.15) is 67.9 Å². The molecule has 236 valence electrons. The zero-order chi connectivity index (χ0) is 29.9. The number of alkyl halides is 1. The monoisotopic (exact) mass is 626 g/mol. The second-order valence-electron chi connectivity index (χ2n) is 13.4. The Balaban J connectivity index is 1.27. The molecule has 1 aliphatic carbocycles. The van der Waals surface area contributed by atoms with E-state index in [-0.39, 0.29) is 52.7 Å². The third-order valence-electron chi connectivity index (χ3n) is 10.8. The Morgan fingerprint density at radius 1 is 1.14 bits per heavy atom.